The van der Waals surface area contributed by atoms with Gasteiger partial charge >= 0.3 is 6.09 Å². The topological polar surface area (TPSA) is 125 Å². The molecule has 2 amide bonds. The van der Waals surface area contributed by atoms with Crippen molar-refractivity contribution in [2.45, 2.75) is 70.2 Å². The Kier molecular flexibility index (Phi) is 6.51. The van der Waals surface area contributed by atoms with Crippen LogP contribution in [0.4, 0.5) is 4.79 Å². The highest BCUT2D eigenvalue weighted by Gasteiger charge is 2.52. The van der Waals surface area contributed by atoms with Gasteiger partial charge in [-0.15, -0.1) is 0 Å². The van der Waals surface area contributed by atoms with Crippen LogP contribution in [0.25, 0.3) is 21.7 Å². The van der Waals surface area contributed by atoms with Crippen molar-refractivity contribution in [2.75, 3.05) is 7.11 Å². The Morgan fingerprint density at radius 1 is 1.16 bits per heavy atom. The number of carbonyl (C=O) groups is 2. The van der Waals surface area contributed by atoms with Crippen LogP contribution >= 0.6 is 0 Å². The zero-order valence-corrected chi connectivity index (χ0v) is 22.0. The van der Waals surface area contributed by atoms with E-state index in [9.17, 15) is 19.6 Å². The van der Waals surface area contributed by atoms with E-state index < -0.39 is 23.8 Å². The molecule has 2 heterocycles. The summed E-state index contributed by atoms with van der Waals surface area (Å²) in [5.41, 5.74) is 0.555. The van der Waals surface area contributed by atoms with Gasteiger partial charge in [-0.2, -0.15) is 5.26 Å². The molecule has 2 N–H and O–H groups in total. The van der Waals surface area contributed by atoms with Gasteiger partial charge in [0.25, 0.3) is 5.56 Å². The number of piperidine rings is 1. The summed E-state index contributed by atoms with van der Waals surface area (Å²) in [4.78, 5) is 43.6. The van der Waals surface area contributed by atoms with E-state index in [2.05, 4.69) is 16.4 Å². The molecule has 2 aliphatic rings. The van der Waals surface area contributed by atoms with E-state index in [1.54, 1.807) is 51.0 Å². The fraction of sp³-hybridized carbons (Fsp3) is 0.448. The smallest absolute Gasteiger partial charge is 0.411 e. The molecule has 0 spiro atoms. The molecule has 3 aromatic rings. The molecule has 1 aliphatic carbocycles. The number of nitrogens with one attached hydrogen (secondary N) is 2. The third-order valence-electron chi connectivity index (χ3n) is 7.46. The number of hydrogen-bond acceptors (Lipinski definition) is 6. The second-order valence-electron chi connectivity index (χ2n) is 11.2. The van der Waals surface area contributed by atoms with Crippen LogP contribution in [0.2, 0.25) is 0 Å². The second-order valence-corrected chi connectivity index (χ2v) is 11.2. The van der Waals surface area contributed by atoms with Gasteiger partial charge < -0.3 is 19.8 Å². The fourth-order valence-electron chi connectivity index (χ4n) is 5.84. The predicted molar refractivity (Wildman–Crippen MR) is 143 cm³/mol. The second kappa shape index (κ2) is 9.67. The number of aromatic nitrogens is 1. The summed E-state index contributed by atoms with van der Waals surface area (Å²) in [5, 5.41) is 14.8. The van der Waals surface area contributed by atoms with Crippen molar-refractivity contribution in [1.29, 1.82) is 5.26 Å². The average molecular weight is 517 g/mol. The molecular formula is C29H32N4O5. The molecule has 1 unspecified atom stereocenters. The van der Waals surface area contributed by atoms with Crippen molar-refractivity contribution < 1.29 is 19.1 Å². The number of nitriles is 1. The van der Waals surface area contributed by atoms with Gasteiger partial charge in [-0.1, -0.05) is 12.1 Å². The Bertz CT molecular complexity index is 1520. The van der Waals surface area contributed by atoms with Crippen LogP contribution in [0, 0.1) is 17.2 Å². The van der Waals surface area contributed by atoms with Gasteiger partial charge in [0.2, 0.25) is 5.91 Å². The highest BCUT2D eigenvalue weighted by Crippen LogP contribution is 2.43. The van der Waals surface area contributed by atoms with Crippen LogP contribution in [0.15, 0.2) is 41.2 Å². The van der Waals surface area contributed by atoms with E-state index in [4.69, 9.17) is 9.47 Å². The molecule has 2 aromatic carbocycles. The Hall–Kier alpha value is -4.06. The number of amides is 2. The van der Waals surface area contributed by atoms with E-state index >= 15 is 0 Å². The number of fused-ring (bicyclic) bond motifs is 5. The minimum atomic E-state index is -0.820. The van der Waals surface area contributed by atoms with Gasteiger partial charge in [0.15, 0.2) is 0 Å². The lowest BCUT2D eigenvalue weighted by atomic mass is 9.97. The van der Waals surface area contributed by atoms with Crippen LogP contribution in [0.1, 0.15) is 45.6 Å². The van der Waals surface area contributed by atoms with Gasteiger partial charge in [-0.25, -0.2) is 4.79 Å². The molecular weight excluding hydrogens is 484 g/mol. The summed E-state index contributed by atoms with van der Waals surface area (Å²) in [7, 11) is 1.59. The maximum atomic E-state index is 13.4. The van der Waals surface area contributed by atoms with Gasteiger partial charge in [-0.05, 0) is 81.2 Å². The largest absolute Gasteiger partial charge is 0.497 e. The first-order chi connectivity index (χ1) is 18.1. The van der Waals surface area contributed by atoms with Crippen molar-refractivity contribution in [1.82, 2.24) is 15.2 Å². The van der Waals surface area contributed by atoms with Crippen LogP contribution in [0.3, 0.4) is 0 Å². The van der Waals surface area contributed by atoms with Crippen LogP contribution in [-0.4, -0.2) is 52.7 Å². The molecule has 198 valence electrons. The van der Waals surface area contributed by atoms with Crippen molar-refractivity contribution in [3.8, 4) is 11.8 Å². The first-order valence-corrected chi connectivity index (χ1v) is 12.9. The van der Waals surface area contributed by atoms with Crippen molar-refractivity contribution in [2.24, 2.45) is 5.92 Å². The molecule has 38 heavy (non-hydrogen) atoms. The number of rotatable bonds is 5. The van der Waals surface area contributed by atoms with Crippen molar-refractivity contribution >= 4 is 33.7 Å². The van der Waals surface area contributed by atoms with Crippen molar-refractivity contribution in [3.05, 3.63) is 52.3 Å². The molecule has 9 heteroatoms. The molecule has 2 bridgehead atoms. The quantitative estimate of drug-likeness (QED) is 0.494. The van der Waals surface area contributed by atoms with Gasteiger partial charge in [0, 0.05) is 28.8 Å². The van der Waals surface area contributed by atoms with Gasteiger partial charge in [0.05, 0.1) is 13.2 Å². The molecule has 1 saturated heterocycles. The number of nitrogens with zero attached hydrogens (tertiary/aromatic N) is 2. The van der Waals surface area contributed by atoms with E-state index in [1.807, 2.05) is 18.2 Å². The molecule has 1 aliphatic heterocycles. The third kappa shape index (κ3) is 4.78. The summed E-state index contributed by atoms with van der Waals surface area (Å²) < 4.78 is 10.9. The maximum absolute atomic E-state index is 13.4. The first-order valence-electron chi connectivity index (χ1n) is 12.9. The molecule has 4 atom stereocenters. The summed E-state index contributed by atoms with van der Waals surface area (Å²) in [6.07, 6.45) is 2.21. The minimum absolute atomic E-state index is 0.0215. The van der Waals surface area contributed by atoms with Crippen LogP contribution in [0.5, 0.6) is 5.75 Å². The predicted octanol–water partition coefficient (Wildman–Crippen LogP) is 4.03. The standard InChI is InChI=1S/C29H32N4O5/c1-29(2,3)38-28(36)33-19-7-6-17(13-19)25(33)27(35)31-18(15-30)11-16-5-9-21-22-14-20(37-4)8-10-24(22)32-26(34)23(21)12-16/h5,8-10,12,14,17-19,25H,6-7,11,13H2,1-4H3,(H,31,35)(H,32,34)/t17-,18?,19+,25-/m0/s1. The number of H-pyrrole nitrogens is 1. The number of benzene rings is 2. The lowest BCUT2D eigenvalue weighted by Crippen LogP contribution is -2.55. The van der Waals surface area contributed by atoms with Crippen molar-refractivity contribution in [3.63, 3.8) is 0 Å². The fourth-order valence-corrected chi connectivity index (χ4v) is 5.84. The first kappa shape index (κ1) is 25.6. The van der Waals surface area contributed by atoms with Gasteiger partial charge in [-0.3, -0.25) is 14.5 Å². The summed E-state index contributed by atoms with van der Waals surface area (Å²) in [6, 6.07) is 11.6. The SMILES string of the molecule is COc1ccc2[nH]c(=O)c3cc(CC(C#N)NC(=O)[C@@H]4[C@H]5CC[C@H](C5)N4C(=O)OC(C)(C)C)ccc3c2c1. The van der Waals surface area contributed by atoms with E-state index in [-0.39, 0.29) is 29.8 Å². The Morgan fingerprint density at radius 3 is 2.66 bits per heavy atom. The van der Waals surface area contributed by atoms with Crippen LogP contribution in [-0.2, 0) is 16.0 Å². The molecule has 5 rings (SSSR count). The molecule has 1 aromatic heterocycles. The Labute approximate surface area is 220 Å². The molecule has 2 fully saturated rings. The zero-order chi connectivity index (χ0) is 27.2. The number of carbonyl (C=O) groups excluding carboxylic acids is 2. The summed E-state index contributed by atoms with van der Waals surface area (Å²) >= 11 is 0. The minimum Gasteiger partial charge on any atom is -0.497 e. The number of ether oxygens (including phenoxy) is 2. The molecule has 9 nitrogen and oxygen atoms in total. The normalized spacial score (nSPS) is 21.3. The number of aromatic amines is 1. The lowest BCUT2D eigenvalue weighted by molar-refractivity contribution is -0.128. The summed E-state index contributed by atoms with van der Waals surface area (Å²) in [6.45, 7) is 5.40. The number of methoxy groups -OCH3 is 1. The number of pyridine rings is 1. The van der Waals surface area contributed by atoms with Gasteiger partial charge in [0.1, 0.15) is 23.4 Å². The average Bonchev–Trinajstić information content (AvgIpc) is 3.49. The zero-order valence-electron chi connectivity index (χ0n) is 22.0. The highest BCUT2D eigenvalue weighted by molar-refractivity contribution is 6.05. The lowest BCUT2D eigenvalue weighted by Gasteiger charge is -2.35. The Balaban J connectivity index is 1.36. The Morgan fingerprint density at radius 2 is 1.95 bits per heavy atom. The summed E-state index contributed by atoms with van der Waals surface area (Å²) in [5.74, 6) is 0.394. The van der Waals surface area contributed by atoms with Crippen LogP contribution < -0.4 is 15.6 Å². The third-order valence-corrected chi connectivity index (χ3v) is 7.46. The molecule has 1 saturated carbocycles. The molecule has 0 radical (unpaired) electrons. The van der Waals surface area contributed by atoms with E-state index in [0.717, 1.165) is 35.6 Å². The highest BCUT2D eigenvalue weighted by atomic mass is 16.6. The monoisotopic (exact) mass is 516 g/mol. The number of likely N-dealkylation sites (tertiary alicyclic amines) is 1. The number of hydrogen-bond donors (Lipinski definition) is 2. The van der Waals surface area contributed by atoms with E-state index in [0.29, 0.717) is 16.7 Å². The maximum Gasteiger partial charge on any atom is 0.411 e. The van der Waals surface area contributed by atoms with E-state index in [1.165, 1.54) is 0 Å².